The fourth-order valence-corrected chi connectivity index (χ4v) is 3.69. The number of aliphatic hydroxyl groups is 1. The van der Waals surface area contributed by atoms with Crippen LogP contribution >= 0.6 is 23.1 Å². The first-order valence-corrected chi connectivity index (χ1v) is 7.76. The molecule has 0 radical (unpaired) electrons. The molecule has 0 aliphatic carbocycles. The average molecular weight is 282 g/mol. The predicted octanol–water partition coefficient (Wildman–Crippen LogP) is 1.77. The normalized spacial score (nSPS) is 24.1. The minimum atomic E-state index is -0.621. The molecule has 96 valence electrons. The summed E-state index contributed by atoms with van der Waals surface area (Å²) in [6, 6.07) is 0. The van der Waals surface area contributed by atoms with Crippen molar-refractivity contribution in [2.75, 3.05) is 24.2 Å². The third-order valence-electron chi connectivity index (χ3n) is 3.08. The van der Waals surface area contributed by atoms with E-state index in [0.717, 1.165) is 33.5 Å². The molecule has 18 heavy (non-hydrogen) atoms. The molecule has 7 heteroatoms. The Morgan fingerprint density at radius 2 is 2.33 bits per heavy atom. The van der Waals surface area contributed by atoms with Gasteiger partial charge in [-0.3, -0.25) is 0 Å². The average Bonchev–Trinajstić information content (AvgIpc) is 2.91. The molecule has 1 unspecified atom stereocenters. The van der Waals surface area contributed by atoms with Gasteiger partial charge in [0, 0.05) is 13.1 Å². The quantitative estimate of drug-likeness (QED) is 0.847. The molecule has 1 atom stereocenters. The molecule has 2 aromatic heterocycles. The molecular weight excluding hydrogens is 268 g/mol. The monoisotopic (exact) mass is 282 g/mol. The topological polar surface area (TPSA) is 62.1 Å². The lowest BCUT2D eigenvalue weighted by Crippen LogP contribution is -2.30. The summed E-state index contributed by atoms with van der Waals surface area (Å²) in [6.07, 6.45) is 4.33. The number of aromatic nitrogens is 3. The largest absolute Gasteiger partial charge is 0.388 e. The highest BCUT2D eigenvalue weighted by Gasteiger charge is 2.33. The van der Waals surface area contributed by atoms with Gasteiger partial charge in [0.25, 0.3) is 0 Å². The number of thioether (sulfide) groups is 1. The molecule has 0 spiro atoms. The summed E-state index contributed by atoms with van der Waals surface area (Å²) in [5.74, 6) is 0.899. The molecule has 0 aromatic carbocycles. The van der Waals surface area contributed by atoms with Gasteiger partial charge in [-0.2, -0.15) is 0 Å². The number of rotatable bonds is 2. The van der Waals surface area contributed by atoms with Crippen molar-refractivity contribution in [2.24, 2.45) is 0 Å². The van der Waals surface area contributed by atoms with Gasteiger partial charge < -0.3 is 10.0 Å². The Hall–Kier alpha value is -0.920. The number of anilines is 1. The van der Waals surface area contributed by atoms with Crippen LogP contribution < -0.4 is 4.90 Å². The summed E-state index contributed by atoms with van der Waals surface area (Å²) in [7, 11) is 0. The Morgan fingerprint density at radius 1 is 1.50 bits per heavy atom. The number of hydrogen-bond donors (Lipinski definition) is 1. The number of fused-ring (bicyclic) bond motifs is 1. The second-order valence-electron chi connectivity index (χ2n) is 4.70. The second-order valence-corrected chi connectivity index (χ2v) is 6.75. The van der Waals surface area contributed by atoms with E-state index in [-0.39, 0.29) is 0 Å². The van der Waals surface area contributed by atoms with Crippen molar-refractivity contribution in [3.8, 4) is 0 Å². The van der Waals surface area contributed by atoms with Gasteiger partial charge in [0.15, 0.2) is 15.8 Å². The van der Waals surface area contributed by atoms with E-state index in [0.29, 0.717) is 6.54 Å². The summed E-state index contributed by atoms with van der Waals surface area (Å²) >= 11 is 3.23. The first-order valence-electron chi connectivity index (χ1n) is 5.72. The Bertz CT molecular complexity index is 583. The van der Waals surface area contributed by atoms with E-state index in [1.165, 1.54) is 0 Å². The van der Waals surface area contributed by atoms with Crippen LogP contribution in [0.5, 0.6) is 0 Å². The molecule has 1 aliphatic rings. The van der Waals surface area contributed by atoms with Crippen molar-refractivity contribution in [1.82, 2.24) is 15.0 Å². The molecule has 1 N–H and O–H groups in total. The molecule has 5 nitrogen and oxygen atoms in total. The Balaban J connectivity index is 2.04. The summed E-state index contributed by atoms with van der Waals surface area (Å²) in [5.41, 5.74) is 0.130. The third kappa shape index (κ3) is 2.06. The van der Waals surface area contributed by atoms with Crippen molar-refractivity contribution >= 4 is 39.3 Å². The number of nitrogens with zero attached hydrogens (tertiary/aromatic N) is 4. The first-order chi connectivity index (χ1) is 8.59. The first kappa shape index (κ1) is 12.1. The number of hydrogen-bond acceptors (Lipinski definition) is 7. The van der Waals surface area contributed by atoms with Gasteiger partial charge in [0.05, 0.1) is 5.60 Å². The van der Waals surface area contributed by atoms with Gasteiger partial charge >= 0.3 is 0 Å². The lowest BCUT2D eigenvalue weighted by atomic mass is 10.1. The molecule has 1 saturated heterocycles. The van der Waals surface area contributed by atoms with Crippen LogP contribution in [-0.4, -0.2) is 45.0 Å². The lowest BCUT2D eigenvalue weighted by molar-refractivity contribution is 0.0839. The highest BCUT2D eigenvalue weighted by Crippen LogP contribution is 2.35. The van der Waals surface area contributed by atoms with Crippen LogP contribution in [-0.2, 0) is 0 Å². The maximum absolute atomic E-state index is 10.0. The van der Waals surface area contributed by atoms with E-state index in [1.54, 1.807) is 29.4 Å². The van der Waals surface area contributed by atoms with Crippen molar-refractivity contribution in [1.29, 1.82) is 0 Å². The lowest BCUT2D eigenvalue weighted by Gasteiger charge is -2.19. The smallest absolute Gasteiger partial charge is 0.176 e. The zero-order chi connectivity index (χ0) is 12.8. The van der Waals surface area contributed by atoms with Gasteiger partial charge in [0.2, 0.25) is 0 Å². The SMILES string of the molecule is CSc1nc2ncnc(N3CCC(C)(O)C3)c2s1. The molecule has 3 heterocycles. The van der Waals surface area contributed by atoms with E-state index >= 15 is 0 Å². The van der Waals surface area contributed by atoms with Gasteiger partial charge in [-0.15, -0.1) is 11.3 Å². The Kier molecular flexibility index (Phi) is 2.91. The van der Waals surface area contributed by atoms with Gasteiger partial charge in [-0.05, 0) is 19.6 Å². The number of thiazole rings is 1. The summed E-state index contributed by atoms with van der Waals surface area (Å²) in [4.78, 5) is 15.1. The van der Waals surface area contributed by atoms with Gasteiger partial charge in [-0.25, -0.2) is 15.0 Å². The fourth-order valence-electron chi connectivity index (χ4n) is 2.16. The zero-order valence-corrected chi connectivity index (χ0v) is 11.9. The molecule has 3 rings (SSSR count). The predicted molar refractivity (Wildman–Crippen MR) is 74.4 cm³/mol. The fraction of sp³-hybridized carbons (Fsp3) is 0.545. The van der Waals surface area contributed by atoms with Crippen molar-refractivity contribution in [3.63, 3.8) is 0 Å². The number of β-amino-alcohol motifs (C(OH)–C–C–N with tert-alkyl or cyclic N) is 1. The standard InChI is InChI=1S/C11H14N4OS2/c1-11(16)3-4-15(5-11)9-7-8(12-6-13-9)14-10(17-2)18-7/h6,16H,3-5H2,1-2H3. The molecule has 2 aromatic rings. The van der Waals surface area contributed by atoms with Crippen LogP contribution in [0.25, 0.3) is 10.3 Å². The van der Waals surface area contributed by atoms with Crippen LogP contribution in [0.1, 0.15) is 13.3 Å². The summed E-state index contributed by atoms with van der Waals surface area (Å²) in [5, 5.41) is 10.0. The third-order valence-corrected chi connectivity index (χ3v) is 5.10. The minimum Gasteiger partial charge on any atom is -0.388 e. The molecule has 0 saturated carbocycles. The van der Waals surface area contributed by atoms with Crippen LogP contribution in [0.3, 0.4) is 0 Å². The maximum atomic E-state index is 10.0. The van der Waals surface area contributed by atoms with Gasteiger partial charge in [-0.1, -0.05) is 11.8 Å². The van der Waals surface area contributed by atoms with Crippen LogP contribution in [0.2, 0.25) is 0 Å². The van der Waals surface area contributed by atoms with Crippen LogP contribution in [0.4, 0.5) is 5.82 Å². The van der Waals surface area contributed by atoms with Crippen molar-refractivity contribution < 1.29 is 5.11 Å². The van der Waals surface area contributed by atoms with E-state index in [9.17, 15) is 5.11 Å². The van der Waals surface area contributed by atoms with E-state index in [2.05, 4.69) is 19.9 Å². The van der Waals surface area contributed by atoms with Crippen molar-refractivity contribution in [2.45, 2.75) is 23.3 Å². The Labute approximate surface area is 113 Å². The molecular formula is C11H14N4OS2. The van der Waals surface area contributed by atoms with Crippen LogP contribution in [0, 0.1) is 0 Å². The van der Waals surface area contributed by atoms with Crippen LogP contribution in [0.15, 0.2) is 10.7 Å². The molecule has 1 fully saturated rings. The van der Waals surface area contributed by atoms with E-state index < -0.39 is 5.60 Å². The molecule has 0 amide bonds. The van der Waals surface area contributed by atoms with E-state index in [4.69, 9.17) is 0 Å². The highest BCUT2D eigenvalue weighted by molar-refractivity contribution is 8.00. The molecule has 1 aliphatic heterocycles. The second kappa shape index (κ2) is 4.32. The summed E-state index contributed by atoms with van der Waals surface area (Å²) < 4.78 is 2.01. The minimum absolute atomic E-state index is 0.617. The highest BCUT2D eigenvalue weighted by atomic mass is 32.2. The van der Waals surface area contributed by atoms with Gasteiger partial charge in [0.1, 0.15) is 11.0 Å². The van der Waals surface area contributed by atoms with Crippen molar-refractivity contribution in [3.05, 3.63) is 6.33 Å². The van der Waals surface area contributed by atoms with E-state index in [1.807, 2.05) is 13.2 Å². The summed E-state index contributed by atoms with van der Waals surface area (Å²) in [6.45, 7) is 3.31. The zero-order valence-electron chi connectivity index (χ0n) is 10.3. The molecule has 0 bridgehead atoms. The maximum Gasteiger partial charge on any atom is 0.176 e. The Morgan fingerprint density at radius 3 is 3.00 bits per heavy atom.